The molecule has 17 heavy (non-hydrogen) atoms. The van der Waals surface area contributed by atoms with Gasteiger partial charge in [-0.25, -0.2) is 8.78 Å². The van der Waals surface area contributed by atoms with Crippen molar-refractivity contribution in [2.75, 3.05) is 26.3 Å². The van der Waals surface area contributed by atoms with Crippen LogP contribution in [0.4, 0.5) is 8.78 Å². The molecule has 0 aliphatic rings. The number of hydrogen-bond acceptors (Lipinski definition) is 3. The molecule has 0 aliphatic heterocycles. The Morgan fingerprint density at radius 3 is 2.65 bits per heavy atom. The number of hydrogen-bond donors (Lipinski definition) is 2. The molecule has 0 atom stereocenters. The minimum Gasteiger partial charge on any atom is -0.375 e. The Labute approximate surface area is 101 Å². The highest BCUT2D eigenvalue weighted by atomic mass is 19.3. The van der Waals surface area contributed by atoms with Crippen molar-refractivity contribution in [3.63, 3.8) is 0 Å². The van der Waals surface area contributed by atoms with Crippen LogP contribution in [0.1, 0.15) is 26.7 Å². The van der Waals surface area contributed by atoms with Crippen molar-refractivity contribution in [3.8, 4) is 0 Å². The van der Waals surface area contributed by atoms with E-state index in [2.05, 4.69) is 10.1 Å². The van der Waals surface area contributed by atoms with Gasteiger partial charge in [-0.2, -0.15) is 0 Å². The smallest absolute Gasteiger partial charge is 0.261 e. The van der Waals surface area contributed by atoms with Gasteiger partial charge < -0.3 is 15.8 Å². The predicted octanol–water partition coefficient (Wildman–Crippen LogP) is 1.15. The summed E-state index contributed by atoms with van der Waals surface area (Å²) in [4.78, 5) is 11.3. The van der Waals surface area contributed by atoms with Gasteiger partial charge in [0.05, 0.1) is 6.61 Å². The van der Waals surface area contributed by atoms with Gasteiger partial charge in [0.2, 0.25) is 5.91 Å². The quantitative estimate of drug-likeness (QED) is 0.605. The van der Waals surface area contributed by atoms with Crippen LogP contribution in [0.15, 0.2) is 0 Å². The fraction of sp³-hybridized carbons (Fsp3) is 0.909. The maximum atomic E-state index is 11.7. The molecule has 0 aromatic heterocycles. The van der Waals surface area contributed by atoms with E-state index < -0.39 is 13.0 Å². The number of nitrogens with two attached hydrogens (primary N) is 1. The lowest BCUT2D eigenvalue weighted by molar-refractivity contribution is -0.123. The molecule has 3 N–H and O–H groups in total. The zero-order valence-electron chi connectivity index (χ0n) is 10.5. The Morgan fingerprint density at radius 1 is 1.47 bits per heavy atom. The number of halogens is 2. The normalized spacial score (nSPS) is 11.9. The number of ether oxygens (including phenoxy) is 1. The number of rotatable bonds is 9. The third-order valence-electron chi connectivity index (χ3n) is 2.30. The molecule has 0 heterocycles. The highest BCUT2D eigenvalue weighted by molar-refractivity contribution is 5.75. The van der Waals surface area contributed by atoms with Crippen molar-refractivity contribution in [1.29, 1.82) is 0 Å². The van der Waals surface area contributed by atoms with E-state index in [0.717, 1.165) is 6.42 Å². The molecular formula is C11H22F2N2O2. The summed E-state index contributed by atoms with van der Waals surface area (Å²) < 4.78 is 28.0. The summed E-state index contributed by atoms with van der Waals surface area (Å²) in [7, 11) is 0. The fourth-order valence-electron chi connectivity index (χ4n) is 1.24. The molecule has 102 valence electrons. The molecule has 6 heteroatoms. The van der Waals surface area contributed by atoms with Crippen LogP contribution in [0.3, 0.4) is 0 Å². The highest BCUT2D eigenvalue weighted by Crippen LogP contribution is 2.17. The van der Waals surface area contributed by atoms with E-state index in [9.17, 15) is 13.6 Å². The molecule has 0 aliphatic carbocycles. The van der Waals surface area contributed by atoms with Crippen LogP contribution in [0.2, 0.25) is 0 Å². The Kier molecular flexibility index (Phi) is 7.99. The molecule has 0 saturated heterocycles. The van der Waals surface area contributed by atoms with Crippen molar-refractivity contribution in [2.45, 2.75) is 33.1 Å². The Balaban J connectivity index is 3.59. The average Bonchev–Trinajstić information content (AvgIpc) is 2.21. The first kappa shape index (κ1) is 16.2. The molecule has 0 radical (unpaired) electrons. The summed E-state index contributed by atoms with van der Waals surface area (Å²) in [5.74, 6) is -0.190. The van der Waals surface area contributed by atoms with Crippen molar-refractivity contribution in [1.82, 2.24) is 5.32 Å². The molecule has 4 nitrogen and oxygen atoms in total. The first-order valence-electron chi connectivity index (χ1n) is 5.70. The van der Waals surface area contributed by atoms with Crippen LogP contribution >= 0.6 is 0 Å². The van der Waals surface area contributed by atoms with Gasteiger partial charge in [-0.15, -0.1) is 0 Å². The van der Waals surface area contributed by atoms with Crippen molar-refractivity contribution in [2.24, 2.45) is 11.1 Å². The molecule has 0 saturated carbocycles. The van der Waals surface area contributed by atoms with Crippen LogP contribution in [0.25, 0.3) is 0 Å². The summed E-state index contributed by atoms with van der Waals surface area (Å²) in [6, 6.07) is 0. The minimum atomic E-state index is -2.48. The van der Waals surface area contributed by atoms with Gasteiger partial charge in [0.15, 0.2) is 0 Å². The molecule has 0 rings (SSSR count). The lowest BCUT2D eigenvalue weighted by Gasteiger charge is -2.24. The van der Waals surface area contributed by atoms with E-state index in [4.69, 9.17) is 5.73 Å². The van der Waals surface area contributed by atoms with Gasteiger partial charge in [0, 0.05) is 13.0 Å². The molecule has 0 bridgehead atoms. The number of nitrogens with one attached hydrogen (secondary N) is 1. The van der Waals surface area contributed by atoms with Gasteiger partial charge in [-0.1, -0.05) is 13.8 Å². The largest absolute Gasteiger partial charge is 0.375 e. The van der Waals surface area contributed by atoms with E-state index in [1.54, 1.807) is 0 Å². The zero-order valence-corrected chi connectivity index (χ0v) is 10.5. The second kappa shape index (κ2) is 8.36. The Morgan fingerprint density at radius 2 is 2.12 bits per heavy atom. The maximum absolute atomic E-state index is 11.7. The number of carbonyl (C=O) groups is 1. The molecule has 0 spiro atoms. The lowest BCUT2D eigenvalue weighted by Crippen LogP contribution is -2.35. The summed E-state index contributed by atoms with van der Waals surface area (Å²) in [6.07, 6.45) is -1.57. The van der Waals surface area contributed by atoms with Gasteiger partial charge in [-0.05, 0) is 18.4 Å². The third-order valence-corrected chi connectivity index (χ3v) is 2.30. The number of alkyl halides is 2. The monoisotopic (exact) mass is 252 g/mol. The molecule has 1 amide bonds. The predicted molar refractivity (Wildman–Crippen MR) is 61.9 cm³/mol. The van der Waals surface area contributed by atoms with Gasteiger partial charge >= 0.3 is 0 Å². The molecule has 0 aromatic rings. The maximum Gasteiger partial charge on any atom is 0.261 e. The zero-order chi connectivity index (χ0) is 13.3. The topological polar surface area (TPSA) is 64.3 Å². The van der Waals surface area contributed by atoms with E-state index in [1.807, 2.05) is 13.8 Å². The molecule has 0 fully saturated rings. The van der Waals surface area contributed by atoms with Crippen LogP contribution in [0, 0.1) is 5.41 Å². The van der Waals surface area contributed by atoms with E-state index >= 15 is 0 Å². The first-order chi connectivity index (χ1) is 7.87. The Bertz CT molecular complexity index is 224. The van der Waals surface area contributed by atoms with Crippen LogP contribution in [-0.2, 0) is 9.53 Å². The lowest BCUT2D eigenvalue weighted by atomic mass is 9.89. The molecule has 0 unspecified atom stereocenters. The Hall–Kier alpha value is -0.750. The molecule has 0 aromatic carbocycles. The van der Waals surface area contributed by atoms with Crippen molar-refractivity contribution in [3.05, 3.63) is 0 Å². The van der Waals surface area contributed by atoms with E-state index in [1.165, 1.54) is 0 Å². The SMILES string of the molecule is CC(C)(CCN)CNC(=O)CCOCC(F)F. The first-order valence-corrected chi connectivity index (χ1v) is 5.70. The average molecular weight is 252 g/mol. The summed E-state index contributed by atoms with van der Waals surface area (Å²) in [5, 5.41) is 2.73. The van der Waals surface area contributed by atoms with Gasteiger partial charge in [-0.3, -0.25) is 4.79 Å². The number of carbonyl (C=O) groups excluding carboxylic acids is 1. The summed E-state index contributed by atoms with van der Waals surface area (Å²) in [5.41, 5.74) is 5.40. The van der Waals surface area contributed by atoms with E-state index in [-0.39, 0.29) is 24.3 Å². The van der Waals surface area contributed by atoms with Crippen molar-refractivity contribution < 1.29 is 18.3 Å². The summed E-state index contributed by atoms with van der Waals surface area (Å²) in [6.45, 7) is 4.51. The van der Waals surface area contributed by atoms with Crippen molar-refractivity contribution >= 4 is 5.91 Å². The van der Waals surface area contributed by atoms with Crippen LogP contribution in [-0.4, -0.2) is 38.6 Å². The highest BCUT2D eigenvalue weighted by Gasteiger charge is 2.17. The van der Waals surface area contributed by atoms with Crippen LogP contribution < -0.4 is 11.1 Å². The molecular weight excluding hydrogens is 230 g/mol. The minimum absolute atomic E-state index is 0.0213. The number of amides is 1. The standard InChI is InChI=1S/C11H22F2N2O2/c1-11(2,4-5-14)8-15-10(16)3-6-17-7-9(12)13/h9H,3-8,14H2,1-2H3,(H,15,16). The second-order valence-corrected chi connectivity index (χ2v) is 4.70. The fourth-order valence-corrected chi connectivity index (χ4v) is 1.24. The summed E-state index contributed by atoms with van der Waals surface area (Å²) >= 11 is 0. The van der Waals surface area contributed by atoms with E-state index in [0.29, 0.717) is 13.1 Å². The third kappa shape index (κ3) is 10.1. The van der Waals surface area contributed by atoms with Gasteiger partial charge in [0.25, 0.3) is 6.43 Å². The van der Waals surface area contributed by atoms with Gasteiger partial charge in [0.1, 0.15) is 6.61 Å². The van der Waals surface area contributed by atoms with Crippen LogP contribution in [0.5, 0.6) is 0 Å². The second-order valence-electron chi connectivity index (χ2n) is 4.70.